The number of aromatic nitrogens is 1. The average Bonchev–Trinajstić information content (AvgIpc) is 3.39. The number of carbonyl (C=O) groups is 2. The van der Waals surface area contributed by atoms with Crippen LogP contribution in [0.2, 0.25) is 0 Å². The normalized spacial score (nSPS) is 25.8. The zero-order valence-electron chi connectivity index (χ0n) is 20.4. The number of amidine groups is 1. The lowest BCUT2D eigenvalue weighted by Gasteiger charge is -2.49. The van der Waals surface area contributed by atoms with E-state index in [1.54, 1.807) is 13.1 Å². The number of morpholine rings is 1. The van der Waals surface area contributed by atoms with E-state index < -0.39 is 18.0 Å². The van der Waals surface area contributed by atoms with E-state index in [2.05, 4.69) is 31.1 Å². The van der Waals surface area contributed by atoms with Crippen LogP contribution >= 0.6 is 27.3 Å². The Morgan fingerprint density at radius 2 is 2.03 bits per heavy atom. The number of ether oxygens (including phenoxy) is 2. The Kier molecular flexibility index (Phi) is 8.04. The van der Waals surface area contributed by atoms with Crippen LogP contribution in [-0.4, -0.2) is 71.2 Å². The number of aliphatic imine (C=N–C) groups is 1. The van der Waals surface area contributed by atoms with Crippen molar-refractivity contribution >= 4 is 45.0 Å². The molecule has 4 heterocycles. The first-order valence-corrected chi connectivity index (χ1v) is 14.1. The SMILES string of the molecule is CCOC(=O)C1=C(CN2[C@@H]3COC[C@H]2CC(CC(=O)O)C3)NC(c2nccs2)=N[C@H]1c1ccccc1Br. The molecule has 2 fully saturated rings. The Bertz CT molecular complexity index is 1200. The molecule has 196 valence electrons. The third-order valence-electron chi connectivity index (χ3n) is 7.03. The molecular weight excluding hydrogens is 560 g/mol. The highest BCUT2D eigenvalue weighted by Crippen LogP contribution is 2.39. The van der Waals surface area contributed by atoms with E-state index in [-0.39, 0.29) is 31.0 Å². The minimum absolute atomic E-state index is 0.0682. The highest BCUT2D eigenvalue weighted by Gasteiger charge is 2.42. The molecule has 2 bridgehead atoms. The molecule has 0 aliphatic carbocycles. The Hall–Kier alpha value is -2.60. The Labute approximate surface area is 227 Å². The van der Waals surface area contributed by atoms with Crippen LogP contribution in [0.5, 0.6) is 0 Å². The topological polar surface area (TPSA) is 113 Å². The zero-order chi connectivity index (χ0) is 25.9. The fourth-order valence-corrected chi connectivity index (χ4v) is 6.59. The van der Waals surface area contributed by atoms with E-state index in [0.29, 0.717) is 31.2 Å². The number of carboxylic acids is 1. The summed E-state index contributed by atoms with van der Waals surface area (Å²) in [4.78, 5) is 36.6. The van der Waals surface area contributed by atoms with Gasteiger partial charge < -0.3 is 19.9 Å². The summed E-state index contributed by atoms with van der Waals surface area (Å²) in [5, 5.41) is 15.4. The van der Waals surface area contributed by atoms with Gasteiger partial charge >= 0.3 is 11.9 Å². The summed E-state index contributed by atoms with van der Waals surface area (Å²) in [6.45, 7) is 3.59. The molecule has 0 saturated carbocycles. The second-order valence-electron chi connectivity index (χ2n) is 9.43. The van der Waals surface area contributed by atoms with Crippen LogP contribution in [0.4, 0.5) is 0 Å². The first-order valence-electron chi connectivity index (χ1n) is 12.4. The second-order valence-corrected chi connectivity index (χ2v) is 11.2. The maximum absolute atomic E-state index is 13.4. The van der Waals surface area contributed by atoms with Gasteiger partial charge in [0.25, 0.3) is 0 Å². The number of hydrogen-bond donors (Lipinski definition) is 2. The van der Waals surface area contributed by atoms with Gasteiger partial charge in [0.15, 0.2) is 10.8 Å². The van der Waals surface area contributed by atoms with Crippen molar-refractivity contribution in [1.29, 1.82) is 0 Å². The largest absolute Gasteiger partial charge is 0.481 e. The van der Waals surface area contributed by atoms with Gasteiger partial charge in [-0.2, -0.15) is 0 Å². The third kappa shape index (κ3) is 5.64. The molecule has 3 aliphatic heterocycles. The number of esters is 1. The van der Waals surface area contributed by atoms with Gasteiger partial charge in [-0.1, -0.05) is 34.1 Å². The number of halogens is 1. The summed E-state index contributed by atoms with van der Waals surface area (Å²) in [5.41, 5.74) is 2.07. The number of piperidine rings is 1. The van der Waals surface area contributed by atoms with Crippen LogP contribution in [0, 0.1) is 5.92 Å². The van der Waals surface area contributed by atoms with E-state index in [1.165, 1.54) is 11.3 Å². The summed E-state index contributed by atoms with van der Waals surface area (Å²) in [7, 11) is 0. The summed E-state index contributed by atoms with van der Waals surface area (Å²) in [6, 6.07) is 7.31. The molecule has 1 aromatic heterocycles. The maximum Gasteiger partial charge on any atom is 0.338 e. The van der Waals surface area contributed by atoms with Crippen LogP contribution in [0.1, 0.15) is 42.8 Å². The van der Waals surface area contributed by atoms with Gasteiger partial charge in [-0.05, 0) is 37.3 Å². The predicted molar refractivity (Wildman–Crippen MR) is 142 cm³/mol. The molecule has 4 atom stereocenters. The molecule has 2 saturated heterocycles. The fourth-order valence-electron chi connectivity index (χ4n) is 5.50. The average molecular weight is 590 g/mol. The monoisotopic (exact) mass is 588 g/mol. The Morgan fingerprint density at radius 3 is 2.68 bits per heavy atom. The van der Waals surface area contributed by atoms with Crippen molar-refractivity contribution in [1.82, 2.24) is 15.2 Å². The molecule has 37 heavy (non-hydrogen) atoms. The molecule has 0 amide bonds. The van der Waals surface area contributed by atoms with Gasteiger partial charge in [0, 0.05) is 46.8 Å². The molecule has 1 aromatic carbocycles. The number of hydrogen-bond acceptors (Lipinski definition) is 9. The Balaban J connectivity index is 1.54. The highest BCUT2D eigenvalue weighted by molar-refractivity contribution is 9.10. The van der Waals surface area contributed by atoms with Crippen molar-refractivity contribution in [2.24, 2.45) is 10.9 Å². The molecule has 9 nitrogen and oxygen atoms in total. The van der Waals surface area contributed by atoms with Crippen molar-refractivity contribution in [2.45, 2.75) is 44.3 Å². The van der Waals surface area contributed by atoms with Crippen molar-refractivity contribution in [3.8, 4) is 0 Å². The predicted octanol–water partition coefficient (Wildman–Crippen LogP) is 3.77. The van der Waals surface area contributed by atoms with Crippen molar-refractivity contribution < 1.29 is 24.2 Å². The number of nitrogens with one attached hydrogen (secondary N) is 1. The molecule has 2 N–H and O–H groups in total. The molecule has 11 heteroatoms. The van der Waals surface area contributed by atoms with E-state index in [9.17, 15) is 14.7 Å². The lowest BCUT2D eigenvalue weighted by Crippen LogP contribution is -2.58. The first-order chi connectivity index (χ1) is 17.9. The number of fused-ring (bicyclic) bond motifs is 2. The molecule has 5 rings (SSSR count). The summed E-state index contributed by atoms with van der Waals surface area (Å²) >= 11 is 5.13. The molecule has 2 aromatic rings. The van der Waals surface area contributed by atoms with Gasteiger partial charge in [0.2, 0.25) is 0 Å². The van der Waals surface area contributed by atoms with Gasteiger partial charge in [-0.25, -0.2) is 9.78 Å². The van der Waals surface area contributed by atoms with Crippen molar-refractivity contribution in [3.05, 3.63) is 62.2 Å². The van der Waals surface area contributed by atoms with Crippen LogP contribution in [0.25, 0.3) is 0 Å². The molecule has 0 radical (unpaired) electrons. The number of aliphatic carboxylic acids is 1. The second kappa shape index (κ2) is 11.4. The molecule has 1 unspecified atom stereocenters. The number of carbonyl (C=O) groups excluding carboxylic acids is 1. The quantitative estimate of drug-likeness (QED) is 0.448. The van der Waals surface area contributed by atoms with E-state index in [0.717, 1.165) is 33.6 Å². The summed E-state index contributed by atoms with van der Waals surface area (Å²) in [5.74, 6) is -0.443. The van der Waals surface area contributed by atoms with E-state index >= 15 is 0 Å². The van der Waals surface area contributed by atoms with Crippen molar-refractivity contribution in [3.63, 3.8) is 0 Å². The first kappa shape index (κ1) is 26.0. The third-order valence-corrected chi connectivity index (χ3v) is 8.53. The smallest absolute Gasteiger partial charge is 0.338 e. The van der Waals surface area contributed by atoms with Crippen LogP contribution < -0.4 is 5.32 Å². The number of thiazole rings is 1. The zero-order valence-corrected chi connectivity index (χ0v) is 22.8. The summed E-state index contributed by atoms with van der Waals surface area (Å²) < 4.78 is 12.2. The maximum atomic E-state index is 13.4. The standard InChI is InChI=1S/C26H29BrN4O5S/c1-2-36-26(34)22-20(12-31-16-9-15(11-21(32)33)10-17(31)14-35-13-16)29-24(25-28-7-8-37-25)30-23(22)18-5-3-4-6-19(18)27/h3-8,15-17,23H,2,9-14H2,1H3,(H,29,30)(H,32,33)/t15?,16-,17+,23-/m0/s1. The van der Waals surface area contributed by atoms with Crippen LogP contribution in [-0.2, 0) is 19.1 Å². The molecule has 3 aliphatic rings. The fraction of sp³-hybridized carbons (Fsp3) is 0.462. The lowest BCUT2D eigenvalue weighted by atomic mass is 9.82. The molecule has 0 spiro atoms. The van der Waals surface area contributed by atoms with Gasteiger partial charge in [-0.3, -0.25) is 14.7 Å². The van der Waals surface area contributed by atoms with Gasteiger partial charge in [0.1, 0.15) is 6.04 Å². The number of benzene rings is 1. The van der Waals surface area contributed by atoms with Gasteiger partial charge in [0.05, 0.1) is 25.4 Å². The molecular formula is C26H29BrN4O5S. The number of carboxylic acid groups (broad SMARTS) is 1. The van der Waals surface area contributed by atoms with E-state index in [4.69, 9.17) is 14.5 Å². The number of rotatable bonds is 8. The van der Waals surface area contributed by atoms with Crippen LogP contribution in [0.15, 0.2) is 56.6 Å². The van der Waals surface area contributed by atoms with E-state index in [1.807, 2.05) is 29.6 Å². The minimum Gasteiger partial charge on any atom is -0.481 e. The summed E-state index contributed by atoms with van der Waals surface area (Å²) in [6.07, 6.45) is 3.38. The highest BCUT2D eigenvalue weighted by atomic mass is 79.9. The number of nitrogens with zero attached hydrogens (tertiary/aromatic N) is 3. The van der Waals surface area contributed by atoms with Crippen LogP contribution in [0.3, 0.4) is 0 Å². The van der Waals surface area contributed by atoms with Gasteiger partial charge in [-0.15, -0.1) is 11.3 Å². The lowest BCUT2D eigenvalue weighted by molar-refractivity contribution is -0.141. The van der Waals surface area contributed by atoms with Crippen molar-refractivity contribution in [2.75, 3.05) is 26.4 Å². The Morgan fingerprint density at radius 1 is 1.27 bits per heavy atom. The minimum atomic E-state index is -0.765.